The van der Waals surface area contributed by atoms with Gasteiger partial charge >= 0.3 is 0 Å². The lowest BCUT2D eigenvalue weighted by molar-refractivity contribution is 0.208. The molecule has 0 radical (unpaired) electrons. The molecule has 2 aromatic carbocycles. The fourth-order valence-electron chi connectivity index (χ4n) is 1.98. The molecule has 0 aromatic heterocycles. The Bertz CT molecular complexity index is 632. The first-order valence-electron chi connectivity index (χ1n) is 7.30. The van der Waals surface area contributed by atoms with Crippen molar-refractivity contribution in [3.05, 3.63) is 52.0 Å². The zero-order chi connectivity index (χ0) is 16.7. The summed E-state index contributed by atoms with van der Waals surface area (Å²) in [6, 6.07) is 10.8. The Morgan fingerprint density at radius 2 is 1.65 bits per heavy atom. The lowest BCUT2D eigenvalue weighted by atomic mass is 10.2. The first-order valence-corrected chi connectivity index (χ1v) is 8.06. The van der Waals surface area contributed by atoms with E-state index in [1.807, 2.05) is 13.0 Å². The fraction of sp³-hybridized carbons (Fsp3) is 0.294. The van der Waals surface area contributed by atoms with E-state index in [2.05, 4.69) is 0 Å². The van der Waals surface area contributed by atoms with Gasteiger partial charge in [-0.15, -0.1) is 0 Å². The molecule has 4 nitrogen and oxygen atoms in total. The molecule has 0 spiro atoms. The van der Waals surface area contributed by atoms with Gasteiger partial charge in [-0.1, -0.05) is 23.2 Å². The van der Waals surface area contributed by atoms with Gasteiger partial charge < -0.3 is 19.9 Å². The lowest BCUT2D eigenvalue weighted by Crippen LogP contribution is -2.10. The van der Waals surface area contributed by atoms with Crippen LogP contribution in [-0.4, -0.2) is 19.8 Å². The largest absolute Gasteiger partial charge is 0.490 e. The monoisotopic (exact) mass is 355 g/mol. The Morgan fingerprint density at radius 1 is 0.957 bits per heavy atom. The molecule has 23 heavy (non-hydrogen) atoms. The van der Waals surface area contributed by atoms with Crippen molar-refractivity contribution in [1.29, 1.82) is 0 Å². The highest BCUT2D eigenvalue weighted by Crippen LogP contribution is 2.36. The van der Waals surface area contributed by atoms with Crippen molar-refractivity contribution < 1.29 is 14.2 Å². The van der Waals surface area contributed by atoms with E-state index in [1.54, 1.807) is 30.3 Å². The van der Waals surface area contributed by atoms with Crippen molar-refractivity contribution in [2.45, 2.75) is 13.5 Å². The molecule has 2 aromatic rings. The average molecular weight is 356 g/mol. The number of ether oxygens (including phenoxy) is 3. The first kappa shape index (κ1) is 17.7. The molecule has 0 saturated carbocycles. The Kier molecular flexibility index (Phi) is 6.84. The zero-order valence-electron chi connectivity index (χ0n) is 12.9. The van der Waals surface area contributed by atoms with Crippen molar-refractivity contribution in [3.63, 3.8) is 0 Å². The average Bonchev–Trinajstić information content (AvgIpc) is 2.55. The molecule has 2 rings (SSSR count). The van der Waals surface area contributed by atoms with Crippen LogP contribution in [0.15, 0.2) is 36.4 Å². The normalized spacial score (nSPS) is 10.4. The van der Waals surface area contributed by atoms with Crippen LogP contribution in [0.2, 0.25) is 10.0 Å². The zero-order valence-corrected chi connectivity index (χ0v) is 14.4. The van der Waals surface area contributed by atoms with Gasteiger partial charge in [0.15, 0.2) is 11.5 Å². The number of nitrogens with two attached hydrogens (primary N) is 1. The Morgan fingerprint density at radius 3 is 2.30 bits per heavy atom. The maximum Gasteiger partial charge on any atom is 0.179 e. The predicted molar refractivity (Wildman–Crippen MR) is 93.0 cm³/mol. The van der Waals surface area contributed by atoms with Gasteiger partial charge in [0.2, 0.25) is 0 Å². The highest BCUT2D eigenvalue weighted by atomic mass is 35.5. The molecular formula is C17H19Cl2NO3. The van der Waals surface area contributed by atoms with E-state index in [1.165, 1.54) is 0 Å². The quantitative estimate of drug-likeness (QED) is 0.716. The third-order valence-electron chi connectivity index (χ3n) is 3.02. The van der Waals surface area contributed by atoms with Gasteiger partial charge in [-0.2, -0.15) is 0 Å². The van der Waals surface area contributed by atoms with Crippen molar-refractivity contribution in [1.82, 2.24) is 0 Å². The Hall–Kier alpha value is -1.62. The van der Waals surface area contributed by atoms with E-state index < -0.39 is 0 Å². The second kappa shape index (κ2) is 8.87. The number of benzene rings is 2. The second-order valence-corrected chi connectivity index (χ2v) is 5.54. The fourth-order valence-corrected chi connectivity index (χ4v) is 2.39. The summed E-state index contributed by atoms with van der Waals surface area (Å²) in [5.74, 6) is 1.82. The third-order valence-corrected chi connectivity index (χ3v) is 3.55. The summed E-state index contributed by atoms with van der Waals surface area (Å²) in [6.07, 6.45) is 0. The molecule has 6 heteroatoms. The molecule has 0 atom stereocenters. The molecule has 0 aliphatic carbocycles. The molecule has 0 aliphatic heterocycles. The standard InChI is InChI=1S/C17H19Cl2NO3/c1-2-21-16-10-12(11-20)9-15(19)17(16)23-8-7-22-14-5-3-13(18)4-6-14/h3-6,9-10H,2,7-8,11,20H2,1H3. The molecule has 0 heterocycles. The molecular weight excluding hydrogens is 337 g/mol. The molecule has 124 valence electrons. The van der Waals surface area contributed by atoms with Gasteiger partial charge in [0.05, 0.1) is 11.6 Å². The highest BCUT2D eigenvalue weighted by molar-refractivity contribution is 6.32. The molecule has 0 bridgehead atoms. The van der Waals surface area contributed by atoms with Gasteiger partial charge in [0.1, 0.15) is 19.0 Å². The van der Waals surface area contributed by atoms with E-state index in [-0.39, 0.29) is 0 Å². The minimum Gasteiger partial charge on any atom is -0.490 e. The van der Waals surface area contributed by atoms with Gasteiger partial charge in [-0.25, -0.2) is 0 Å². The van der Waals surface area contributed by atoms with Crippen LogP contribution >= 0.6 is 23.2 Å². The molecule has 0 amide bonds. The smallest absolute Gasteiger partial charge is 0.179 e. The van der Waals surface area contributed by atoms with Crippen LogP contribution in [-0.2, 0) is 6.54 Å². The SMILES string of the molecule is CCOc1cc(CN)cc(Cl)c1OCCOc1ccc(Cl)cc1. The Balaban J connectivity index is 1.95. The van der Waals surface area contributed by atoms with Gasteiger partial charge in [0.25, 0.3) is 0 Å². The van der Waals surface area contributed by atoms with Crippen molar-refractivity contribution in [3.8, 4) is 17.2 Å². The number of halogens is 2. The van der Waals surface area contributed by atoms with E-state index in [0.29, 0.717) is 47.9 Å². The number of hydrogen-bond donors (Lipinski definition) is 1. The summed E-state index contributed by atoms with van der Waals surface area (Å²) in [5, 5.41) is 1.14. The summed E-state index contributed by atoms with van der Waals surface area (Å²) in [7, 11) is 0. The predicted octanol–water partition coefficient (Wildman–Crippen LogP) is 4.31. The van der Waals surface area contributed by atoms with Crippen LogP contribution in [0.5, 0.6) is 17.2 Å². The summed E-state index contributed by atoms with van der Waals surface area (Å²) in [4.78, 5) is 0. The maximum atomic E-state index is 6.25. The van der Waals surface area contributed by atoms with Gasteiger partial charge in [-0.05, 0) is 48.9 Å². The minimum absolute atomic E-state index is 0.338. The second-order valence-electron chi connectivity index (χ2n) is 4.69. The molecule has 2 N–H and O–H groups in total. The molecule has 0 saturated heterocycles. The number of rotatable bonds is 8. The van der Waals surface area contributed by atoms with E-state index in [9.17, 15) is 0 Å². The van der Waals surface area contributed by atoms with E-state index >= 15 is 0 Å². The van der Waals surface area contributed by atoms with Crippen LogP contribution in [0.4, 0.5) is 0 Å². The molecule has 0 fully saturated rings. The van der Waals surface area contributed by atoms with Gasteiger partial charge in [0, 0.05) is 11.6 Å². The first-order chi connectivity index (χ1) is 11.1. The lowest BCUT2D eigenvalue weighted by Gasteiger charge is -2.15. The molecule has 0 unspecified atom stereocenters. The Labute approximate surface area is 146 Å². The molecule has 0 aliphatic rings. The summed E-state index contributed by atoms with van der Waals surface area (Å²) in [5.41, 5.74) is 6.54. The van der Waals surface area contributed by atoms with Crippen LogP contribution in [0, 0.1) is 0 Å². The summed E-state index contributed by atoms with van der Waals surface area (Å²) < 4.78 is 16.9. The summed E-state index contributed by atoms with van der Waals surface area (Å²) in [6.45, 7) is 3.52. The maximum absolute atomic E-state index is 6.25. The van der Waals surface area contributed by atoms with Crippen molar-refractivity contribution in [2.75, 3.05) is 19.8 Å². The number of hydrogen-bond acceptors (Lipinski definition) is 4. The van der Waals surface area contributed by atoms with Crippen molar-refractivity contribution >= 4 is 23.2 Å². The third kappa shape index (κ3) is 5.20. The minimum atomic E-state index is 0.338. The van der Waals surface area contributed by atoms with Crippen LogP contribution < -0.4 is 19.9 Å². The summed E-state index contributed by atoms with van der Waals surface area (Å²) >= 11 is 12.1. The van der Waals surface area contributed by atoms with Crippen molar-refractivity contribution in [2.24, 2.45) is 5.73 Å². The van der Waals surface area contributed by atoms with E-state index in [4.69, 9.17) is 43.1 Å². The highest BCUT2D eigenvalue weighted by Gasteiger charge is 2.12. The van der Waals surface area contributed by atoms with Gasteiger partial charge in [-0.3, -0.25) is 0 Å². The topological polar surface area (TPSA) is 53.7 Å². The van der Waals surface area contributed by atoms with E-state index in [0.717, 1.165) is 11.3 Å². The van der Waals surface area contributed by atoms with Crippen LogP contribution in [0.1, 0.15) is 12.5 Å². The van der Waals surface area contributed by atoms with Crippen LogP contribution in [0.3, 0.4) is 0 Å². The van der Waals surface area contributed by atoms with Crippen LogP contribution in [0.25, 0.3) is 0 Å².